The van der Waals surface area contributed by atoms with Crippen LogP contribution in [0, 0.1) is 0 Å². The van der Waals surface area contributed by atoms with Crippen molar-refractivity contribution in [2.75, 3.05) is 7.11 Å². The van der Waals surface area contributed by atoms with Crippen molar-refractivity contribution in [2.24, 2.45) is 0 Å². The van der Waals surface area contributed by atoms with Crippen LogP contribution in [0.1, 0.15) is 43.5 Å². The van der Waals surface area contributed by atoms with Gasteiger partial charge < -0.3 is 15.2 Å². The lowest BCUT2D eigenvalue weighted by Gasteiger charge is -2.22. The van der Waals surface area contributed by atoms with Crippen molar-refractivity contribution < 1.29 is 14.6 Å². The van der Waals surface area contributed by atoms with Gasteiger partial charge in [0.1, 0.15) is 5.75 Å². The molecule has 0 aliphatic heterocycles. The Morgan fingerprint density at radius 3 is 2.64 bits per heavy atom. The Balaban J connectivity index is 1.64. The van der Waals surface area contributed by atoms with Crippen molar-refractivity contribution >= 4 is 16.7 Å². The zero-order valence-electron chi connectivity index (χ0n) is 19.2. The lowest BCUT2D eigenvalue weighted by Crippen LogP contribution is -2.22. The van der Waals surface area contributed by atoms with Crippen LogP contribution in [0.5, 0.6) is 5.75 Å². The Labute approximate surface area is 193 Å². The number of nitrogens with one attached hydrogen (secondary N) is 1. The van der Waals surface area contributed by atoms with Gasteiger partial charge in [-0.1, -0.05) is 36.4 Å². The number of hydrogen-bond acceptors (Lipinski definition) is 4. The van der Waals surface area contributed by atoms with E-state index in [0.717, 1.165) is 27.6 Å². The van der Waals surface area contributed by atoms with E-state index in [9.17, 15) is 4.79 Å². The maximum Gasteiger partial charge on any atom is 0.305 e. The van der Waals surface area contributed by atoms with Gasteiger partial charge in [0.05, 0.1) is 26.3 Å². The monoisotopic (exact) mass is 443 g/mol. The summed E-state index contributed by atoms with van der Waals surface area (Å²) >= 11 is 0. The van der Waals surface area contributed by atoms with Crippen LogP contribution in [0.25, 0.3) is 21.9 Å². The van der Waals surface area contributed by atoms with E-state index in [1.807, 2.05) is 36.7 Å². The molecule has 4 aromatic rings. The van der Waals surface area contributed by atoms with Gasteiger partial charge in [-0.2, -0.15) is 5.10 Å². The topological polar surface area (TPSA) is 76.4 Å². The molecule has 0 spiro atoms. The molecule has 170 valence electrons. The second-order valence-corrected chi connectivity index (χ2v) is 8.31. The number of carbonyl (C=O) groups is 1. The van der Waals surface area contributed by atoms with Gasteiger partial charge in [-0.3, -0.25) is 9.48 Å². The highest BCUT2D eigenvalue weighted by Gasteiger charge is 2.15. The second-order valence-electron chi connectivity index (χ2n) is 8.31. The summed E-state index contributed by atoms with van der Waals surface area (Å²) in [6.45, 7) is 4.67. The molecule has 1 unspecified atom stereocenters. The molecule has 0 saturated carbocycles. The fraction of sp³-hybridized carbons (Fsp3) is 0.259. The molecule has 0 aliphatic rings. The van der Waals surface area contributed by atoms with E-state index in [0.29, 0.717) is 6.54 Å². The van der Waals surface area contributed by atoms with E-state index in [2.05, 4.69) is 60.7 Å². The smallest absolute Gasteiger partial charge is 0.305 e. The van der Waals surface area contributed by atoms with E-state index in [-0.39, 0.29) is 18.5 Å². The van der Waals surface area contributed by atoms with Crippen LogP contribution in [0.15, 0.2) is 73.1 Å². The minimum Gasteiger partial charge on any atom is -0.497 e. The number of nitrogens with zero attached hydrogens (tertiary/aromatic N) is 2. The number of fused-ring (bicyclic) bond motifs is 1. The molecule has 0 aliphatic carbocycles. The van der Waals surface area contributed by atoms with Gasteiger partial charge in [0, 0.05) is 23.8 Å². The van der Waals surface area contributed by atoms with Crippen LogP contribution in [0.3, 0.4) is 0 Å². The van der Waals surface area contributed by atoms with Crippen molar-refractivity contribution in [3.8, 4) is 16.9 Å². The van der Waals surface area contributed by atoms with Gasteiger partial charge in [0.15, 0.2) is 0 Å². The summed E-state index contributed by atoms with van der Waals surface area (Å²) in [7, 11) is 1.68. The average Bonchev–Trinajstić information content (AvgIpc) is 3.31. The Bertz CT molecular complexity index is 1260. The molecule has 0 bridgehead atoms. The SMILES string of the molecule is COc1cccc([C@@H](C)NC(C)c2cc(-c3cnn(CCC(=O)O)c3)c3ccccc3c2)c1. The van der Waals surface area contributed by atoms with E-state index >= 15 is 0 Å². The number of hydrogen-bond donors (Lipinski definition) is 2. The molecule has 3 aromatic carbocycles. The molecular weight excluding hydrogens is 414 g/mol. The van der Waals surface area contributed by atoms with Crippen LogP contribution in [-0.4, -0.2) is 28.0 Å². The fourth-order valence-electron chi connectivity index (χ4n) is 4.14. The van der Waals surface area contributed by atoms with Gasteiger partial charge >= 0.3 is 5.97 Å². The Morgan fingerprint density at radius 2 is 1.85 bits per heavy atom. The van der Waals surface area contributed by atoms with Gasteiger partial charge in [-0.25, -0.2) is 0 Å². The molecule has 1 heterocycles. The van der Waals surface area contributed by atoms with Crippen molar-refractivity contribution in [3.05, 3.63) is 84.2 Å². The third-order valence-corrected chi connectivity index (χ3v) is 5.98. The zero-order chi connectivity index (χ0) is 23.4. The number of aromatic nitrogens is 2. The summed E-state index contributed by atoms with van der Waals surface area (Å²) < 4.78 is 7.06. The van der Waals surface area contributed by atoms with Crippen molar-refractivity contribution in [3.63, 3.8) is 0 Å². The first kappa shape index (κ1) is 22.6. The highest BCUT2D eigenvalue weighted by atomic mass is 16.5. The van der Waals surface area contributed by atoms with Crippen molar-refractivity contribution in [1.29, 1.82) is 0 Å². The summed E-state index contributed by atoms with van der Waals surface area (Å²) in [5.74, 6) is 0.0197. The molecule has 1 aromatic heterocycles. The Morgan fingerprint density at radius 1 is 1.06 bits per heavy atom. The number of benzene rings is 3. The third kappa shape index (κ3) is 5.23. The maximum absolute atomic E-state index is 10.9. The molecule has 6 nitrogen and oxygen atoms in total. The Kier molecular flexibility index (Phi) is 6.75. The number of aliphatic carboxylic acids is 1. The average molecular weight is 444 g/mol. The van der Waals surface area contributed by atoms with Gasteiger partial charge in [0.2, 0.25) is 0 Å². The van der Waals surface area contributed by atoms with Crippen molar-refractivity contribution in [1.82, 2.24) is 15.1 Å². The maximum atomic E-state index is 10.9. The van der Waals surface area contributed by atoms with E-state index in [1.165, 1.54) is 11.1 Å². The first-order valence-electron chi connectivity index (χ1n) is 11.1. The van der Waals surface area contributed by atoms with Gasteiger partial charge in [-0.05, 0) is 65.6 Å². The lowest BCUT2D eigenvalue weighted by atomic mass is 9.94. The van der Waals surface area contributed by atoms with Crippen LogP contribution in [-0.2, 0) is 11.3 Å². The highest BCUT2D eigenvalue weighted by molar-refractivity contribution is 5.97. The highest BCUT2D eigenvalue weighted by Crippen LogP contribution is 2.33. The first-order valence-corrected chi connectivity index (χ1v) is 11.1. The zero-order valence-corrected chi connectivity index (χ0v) is 19.2. The number of methoxy groups -OCH3 is 1. The molecular formula is C27H29N3O3. The summed E-state index contributed by atoms with van der Waals surface area (Å²) in [6.07, 6.45) is 3.78. The second kappa shape index (κ2) is 9.88. The fourth-order valence-corrected chi connectivity index (χ4v) is 4.14. The largest absolute Gasteiger partial charge is 0.497 e. The summed E-state index contributed by atoms with van der Waals surface area (Å²) in [5, 5.41) is 19.3. The number of rotatable bonds is 9. The third-order valence-electron chi connectivity index (χ3n) is 5.98. The molecule has 0 radical (unpaired) electrons. The predicted octanol–water partition coefficient (Wildman–Crippen LogP) is 5.60. The normalized spacial score (nSPS) is 13.1. The molecule has 33 heavy (non-hydrogen) atoms. The minimum absolute atomic E-state index is 0.0466. The lowest BCUT2D eigenvalue weighted by molar-refractivity contribution is -0.137. The molecule has 2 N–H and O–H groups in total. The van der Waals surface area contributed by atoms with Gasteiger partial charge in [-0.15, -0.1) is 0 Å². The standard InChI is InChI=1S/C27H29N3O3/c1-18(20-8-6-9-24(14-20)33-3)29-19(2)22-13-21-7-4-5-10-25(21)26(15-22)23-16-28-30(17-23)12-11-27(31)32/h4-10,13-19,29H,11-12H2,1-3H3,(H,31,32)/t18-,19?/m1/s1. The Hall–Kier alpha value is -3.64. The van der Waals surface area contributed by atoms with Crippen LogP contribution >= 0.6 is 0 Å². The van der Waals surface area contributed by atoms with Crippen LogP contribution < -0.4 is 10.1 Å². The molecule has 0 fully saturated rings. The van der Waals surface area contributed by atoms with Crippen LogP contribution in [0.2, 0.25) is 0 Å². The first-order chi connectivity index (χ1) is 15.9. The van der Waals surface area contributed by atoms with E-state index in [1.54, 1.807) is 11.8 Å². The van der Waals surface area contributed by atoms with Crippen molar-refractivity contribution in [2.45, 2.75) is 38.9 Å². The summed E-state index contributed by atoms with van der Waals surface area (Å²) in [6, 6.07) is 21.1. The molecule has 0 saturated heterocycles. The van der Waals surface area contributed by atoms with E-state index < -0.39 is 5.97 Å². The molecule has 2 atom stereocenters. The number of carboxylic acids is 1. The summed E-state index contributed by atoms with van der Waals surface area (Å²) in [4.78, 5) is 10.9. The molecule has 4 rings (SSSR count). The molecule has 6 heteroatoms. The van der Waals surface area contributed by atoms with E-state index in [4.69, 9.17) is 9.84 Å². The molecule has 0 amide bonds. The number of ether oxygens (including phenoxy) is 1. The minimum atomic E-state index is -0.829. The number of aryl methyl sites for hydroxylation is 1. The number of carboxylic acid groups (broad SMARTS) is 1. The van der Waals surface area contributed by atoms with Crippen LogP contribution in [0.4, 0.5) is 0 Å². The van der Waals surface area contributed by atoms with Gasteiger partial charge in [0.25, 0.3) is 0 Å². The summed E-state index contributed by atoms with van der Waals surface area (Å²) in [5.41, 5.74) is 4.41. The predicted molar refractivity (Wildman–Crippen MR) is 130 cm³/mol. The quantitative estimate of drug-likeness (QED) is 0.352.